The van der Waals surface area contributed by atoms with E-state index in [0.717, 1.165) is 25.9 Å². The van der Waals surface area contributed by atoms with Gasteiger partial charge in [-0.25, -0.2) is 0 Å². The second kappa shape index (κ2) is 5.96. The van der Waals surface area contributed by atoms with E-state index < -0.39 is 0 Å². The van der Waals surface area contributed by atoms with Crippen LogP contribution in [0.2, 0.25) is 0 Å². The molecule has 0 aliphatic carbocycles. The highest BCUT2D eigenvalue weighted by molar-refractivity contribution is 5.85. The first-order chi connectivity index (χ1) is 7.79. The summed E-state index contributed by atoms with van der Waals surface area (Å²) in [5, 5.41) is 0. The number of hydrogen-bond acceptors (Lipinski definition) is 3. The van der Waals surface area contributed by atoms with Crippen LogP contribution < -0.4 is 0 Å². The number of piperidine rings is 1. The fourth-order valence-electron chi connectivity index (χ4n) is 2.03. The van der Waals surface area contributed by atoms with Gasteiger partial charge in [0, 0.05) is 18.5 Å². The van der Waals surface area contributed by atoms with E-state index in [1.165, 1.54) is 0 Å². The number of rotatable bonds is 4. The Morgan fingerprint density at radius 2 is 1.82 bits per heavy atom. The van der Waals surface area contributed by atoms with Crippen LogP contribution in [0.5, 0.6) is 0 Å². The van der Waals surface area contributed by atoms with Crippen LogP contribution >= 0.6 is 0 Å². The molecule has 0 unspecified atom stereocenters. The summed E-state index contributed by atoms with van der Waals surface area (Å²) >= 11 is 0. The molecule has 0 radical (unpaired) electrons. The largest absolute Gasteiger partial charge is 0.375 e. The summed E-state index contributed by atoms with van der Waals surface area (Å²) in [5.41, 5.74) is -0.217. The number of ether oxygens (including phenoxy) is 1. The maximum absolute atomic E-state index is 11.9. The van der Waals surface area contributed by atoms with Gasteiger partial charge in [0.05, 0.1) is 18.8 Å². The lowest BCUT2D eigenvalue weighted by atomic mass is 9.90. The van der Waals surface area contributed by atoms with Gasteiger partial charge in [0.1, 0.15) is 0 Å². The van der Waals surface area contributed by atoms with Crippen molar-refractivity contribution in [3.05, 3.63) is 0 Å². The predicted molar refractivity (Wildman–Crippen MR) is 70.1 cm³/mol. The van der Waals surface area contributed by atoms with Crippen molar-refractivity contribution >= 4 is 5.78 Å². The monoisotopic (exact) mass is 241 g/mol. The van der Waals surface area contributed by atoms with E-state index in [1.807, 2.05) is 20.8 Å². The molecule has 1 rings (SSSR count). The smallest absolute Gasteiger partial charge is 0.152 e. The first kappa shape index (κ1) is 14.7. The van der Waals surface area contributed by atoms with E-state index in [9.17, 15) is 4.79 Å². The molecule has 1 aliphatic rings. The van der Waals surface area contributed by atoms with Crippen molar-refractivity contribution in [2.75, 3.05) is 19.6 Å². The van der Waals surface area contributed by atoms with E-state index in [4.69, 9.17) is 4.74 Å². The zero-order valence-electron chi connectivity index (χ0n) is 12.0. The van der Waals surface area contributed by atoms with E-state index in [0.29, 0.717) is 24.5 Å². The fourth-order valence-corrected chi connectivity index (χ4v) is 2.03. The molecule has 0 saturated carbocycles. The van der Waals surface area contributed by atoms with Crippen molar-refractivity contribution in [3.8, 4) is 0 Å². The average Bonchev–Trinajstić information content (AvgIpc) is 2.18. The highest BCUT2D eigenvalue weighted by Crippen LogP contribution is 2.19. The zero-order chi connectivity index (χ0) is 13.1. The van der Waals surface area contributed by atoms with Gasteiger partial charge in [0.15, 0.2) is 5.78 Å². The Labute approximate surface area is 106 Å². The molecule has 1 aliphatic heterocycles. The molecule has 3 heteroatoms. The lowest BCUT2D eigenvalue weighted by Crippen LogP contribution is -2.42. The van der Waals surface area contributed by atoms with Gasteiger partial charge in [-0.2, -0.15) is 0 Å². The van der Waals surface area contributed by atoms with Gasteiger partial charge >= 0.3 is 0 Å². The number of Topliss-reactive ketones (excluding diaryl/α,β-unsaturated/α-hetero) is 1. The Balaban J connectivity index is 2.30. The molecular formula is C14H27NO2. The molecule has 0 aromatic carbocycles. The van der Waals surface area contributed by atoms with Crippen LogP contribution in [-0.2, 0) is 9.53 Å². The van der Waals surface area contributed by atoms with Gasteiger partial charge in [-0.05, 0) is 26.7 Å². The summed E-state index contributed by atoms with van der Waals surface area (Å²) in [6, 6.07) is 0. The molecule has 1 saturated heterocycles. The maximum Gasteiger partial charge on any atom is 0.152 e. The minimum absolute atomic E-state index is 0.217. The quantitative estimate of drug-likeness (QED) is 0.757. The molecule has 0 amide bonds. The van der Waals surface area contributed by atoms with Crippen molar-refractivity contribution in [3.63, 3.8) is 0 Å². The molecular weight excluding hydrogens is 214 g/mol. The number of carbonyl (C=O) groups is 1. The molecule has 100 valence electrons. The standard InChI is InChI=1S/C14H27NO2/c1-11(2)17-12-6-8-15(9-7-12)10-13(16)14(3,4)5/h11-12H,6-10H2,1-5H3. The molecule has 0 aromatic heterocycles. The number of ketones is 1. The third-order valence-electron chi connectivity index (χ3n) is 3.20. The zero-order valence-corrected chi connectivity index (χ0v) is 12.0. The lowest BCUT2D eigenvalue weighted by Gasteiger charge is -2.33. The highest BCUT2D eigenvalue weighted by Gasteiger charge is 2.26. The van der Waals surface area contributed by atoms with Crippen molar-refractivity contribution in [1.29, 1.82) is 0 Å². The van der Waals surface area contributed by atoms with Gasteiger partial charge in [-0.1, -0.05) is 20.8 Å². The summed E-state index contributed by atoms with van der Waals surface area (Å²) in [5.74, 6) is 0.334. The molecule has 0 spiro atoms. The van der Waals surface area contributed by atoms with E-state index in [1.54, 1.807) is 0 Å². The van der Waals surface area contributed by atoms with E-state index in [2.05, 4.69) is 18.7 Å². The molecule has 0 aromatic rings. The van der Waals surface area contributed by atoms with Crippen LogP contribution in [0.3, 0.4) is 0 Å². The summed E-state index contributed by atoms with van der Waals surface area (Å²) in [4.78, 5) is 14.2. The molecule has 0 bridgehead atoms. The Morgan fingerprint density at radius 1 is 1.29 bits per heavy atom. The Morgan fingerprint density at radius 3 is 2.24 bits per heavy atom. The van der Waals surface area contributed by atoms with Crippen LogP contribution in [0.25, 0.3) is 0 Å². The summed E-state index contributed by atoms with van der Waals surface area (Å²) < 4.78 is 5.80. The maximum atomic E-state index is 11.9. The Bertz CT molecular complexity index is 247. The summed E-state index contributed by atoms with van der Waals surface area (Å²) in [6.07, 6.45) is 2.80. The van der Waals surface area contributed by atoms with Gasteiger partial charge in [-0.15, -0.1) is 0 Å². The van der Waals surface area contributed by atoms with Crippen LogP contribution in [0.4, 0.5) is 0 Å². The number of likely N-dealkylation sites (tertiary alicyclic amines) is 1. The van der Waals surface area contributed by atoms with Crippen LogP contribution in [0.1, 0.15) is 47.5 Å². The second-order valence-corrected chi connectivity index (χ2v) is 6.33. The SMILES string of the molecule is CC(C)OC1CCN(CC(=O)C(C)(C)C)CC1. The van der Waals surface area contributed by atoms with E-state index >= 15 is 0 Å². The minimum atomic E-state index is -0.217. The lowest BCUT2D eigenvalue weighted by molar-refractivity contribution is -0.128. The molecule has 0 N–H and O–H groups in total. The fraction of sp³-hybridized carbons (Fsp3) is 0.929. The first-order valence-electron chi connectivity index (χ1n) is 6.70. The molecule has 1 fully saturated rings. The number of carbonyl (C=O) groups excluding carboxylic acids is 1. The van der Waals surface area contributed by atoms with Crippen LogP contribution in [0, 0.1) is 5.41 Å². The van der Waals surface area contributed by atoms with Gasteiger partial charge in [0.2, 0.25) is 0 Å². The van der Waals surface area contributed by atoms with Crippen molar-refractivity contribution in [1.82, 2.24) is 4.90 Å². The third-order valence-corrected chi connectivity index (χ3v) is 3.20. The summed E-state index contributed by atoms with van der Waals surface area (Å²) in [7, 11) is 0. The average molecular weight is 241 g/mol. The predicted octanol–water partition coefficient (Wildman–Crippen LogP) is 2.49. The number of hydrogen-bond donors (Lipinski definition) is 0. The third kappa shape index (κ3) is 5.17. The minimum Gasteiger partial charge on any atom is -0.375 e. The number of nitrogens with zero attached hydrogens (tertiary/aromatic N) is 1. The topological polar surface area (TPSA) is 29.5 Å². The van der Waals surface area contributed by atoms with Crippen LogP contribution in [-0.4, -0.2) is 42.5 Å². The van der Waals surface area contributed by atoms with Crippen LogP contribution in [0.15, 0.2) is 0 Å². The van der Waals surface area contributed by atoms with Crippen molar-refractivity contribution in [2.24, 2.45) is 5.41 Å². The van der Waals surface area contributed by atoms with Gasteiger partial charge in [-0.3, -0.25) is 9.69 Å². The van der Waals surface area contributed by atoms with Gasteiger partial charge < -0.3 is 4.74 Å². The second-order valence-electron chi connectivity index (χ2n) is 6.33. The first-order valence-corrected chi connectivity index (χ1v) is 6.70. The summed E-state index contributed by atoms with van der Waals surface area (Å²) in [6.45, 7) is 12.7. The van der Waals surface area contributed by atoms with Crippen molar-refractivity contribution in [2.45, 2.75) is 59.7 Å². The van der Waals surface area contributed by atoms with Gasteiger partial charge in [0.25, 0.3) is 0 Å². The highest BCUT2D eigenvalue weighted by atomic mass is 16.5. The molecule has 1 heterocycles. The Hall–Kier alpha value is -0.410. The molecule has 0 atom stereocenters. The molecule has 3 nitrogen and oxygen atoms in total. The van der Waals surface area contributed by atoms with E-state index in [-0.39, 0.29) is 5.41 Å². The van der Waals surface area contributed by atoms with Crippen molar-refractivity contribution < 1.29 is 9.53 Å². The Kier molecular flexibility index (Phi) is 5.14. The normalized spacial score (nSPS) is 19.9. The molecule has 17 heavy (non-hydrogen) atoms.